The SMILES string of the molecule is CN1CCN(c2cccc3[nH]c(=S)oc23)CC1. The number of aromatic amines is 1. The Balaban J connectivity index is 2.02. The molecule has 0 atom stereocenters. The summed E-state index contributed by atoms with van der Waals surface area (Å²) in [5.41, 5.74) is 3.00. The van der Waals surface area contributed by atoms with Crippen LogP contribution in [0.2, 0.25) is 0 Å². The smallest absolute Gasteiger partial charge is 0.266 e. The van der Waals surface area contributed by atoms with Crippen molar-refractivity contribution in [1.82, 2.24) is 9.88 Å². The van der Waals surface area contributed by atoms with E-state index in [1.54, 1.807) is 0 Å². The highest BCUT2D eigenvalue weighted by Crippen LogP contribution is 2.27. The number of fused-ring (bicyclic) bond motifs is 1. The number of H-pyrrole nitrogens is 1. The lowest BCUT2D eigenvalue weighted by molar-refractivity contribution is 0.313. The highest BCUT2D eigenvalue weighted by molar-refractivity contribution is 7.71. The molecule has 0 amide bonds. The van der Waals surface area contributed by atoms with Crippen molar-refractivity contribution in [2.75, 3.05) is 38.1 Å². The molecule has 0 spiro atoms. The zero-order valence-corrected chi connectivity index (χ0v) is 10.6. The standard InChI is InChI=1S/C12H15N3OS/c1-14-5-7-15(8-6-14)10-4-2-3-9-11(10)16-12(17)13-9/h2-4H,5-8H2,1H3,(H,13,17). The lowest BCUT2D eigenvalue weighted by Crippen LogP contribution is -2.44. The van der Waals surface area contributed by atoms with Gasteiger partial charge in [0.05, 0.1) is 11.2 Å². The van der Waals surface area contributed by atoms with E-state index < -0.39 is 0 Å². The Bertz CT molecular complexity index is 581. The number of hydrogen-bond donors (Lipinski definition) is 1. The summed E-state index contributed by atoms with van der Waals surface area (Å²) in [5.74, 6) is 0. The molecule has 2 aromatic rings. The number of para-hydroxylation sites is 1. The average Bonchev–Trinajstić information content (AvgIpc) is 2.70. The van der Waals surface area contributed by atoms with Crippen LogP contribution in [0.15, 0.2) is 22.6 Å². The molecule has 1 aromatic heterocycles. The molecule has 1 saturated heterocycles. The number of benzene rings is 1. The van der Waals surface area contributed by atoms with Gasteiger partial charge in [0.1, 0.15) is 0 Å². The third kappa shape index (κ3) is 1.96. The number of nitrogens with one attached hydrogen (secondary N) is 1. The van der Waals surface area contributed by atoms with Gasteiger partial charge in [-0.25, -0.2) is 0 Å². The Labute approximate surface area is 105 Å². The van der Waals surface area contributed by atoms with E-state index in [0.717, 1.165) is 43.0 Å². The van der Waals surface area contributed by atoms with Crippen LogP contribution in [0, 0.1) is 4.84 Å². The molecule has 0 unspecified atom stereocenters. The Hall–Kier alpha value is -1.33. The molecule has 3 rings (SSSR count). The van der Waals surface area contributed by atoms with E-state index in [-0.39, 0.29) is 0 Å². The maximum Gasteiger partial charge on any atom is 0.266 e. The summed E-state index contributed by atoms with van der Waals surface area (Å²) in [5, 5.41) is 0. The zero-order valence-electron chi connectivity index (χ0n) is 9.77. The van der Waals surface area contributed by atoms with Crippen molar-refractivity contribution in [3.63, 3.8) is 0 Å². The maximum absolute atomic E-state index is 5.58. The van der Waals surface area contributed by atoms with E-state index in [1.165, 1.54) is 0 Å². The topological polar surface area (TPSA) is 35.4 Å². The minimum absolute atomic E-state index is 0.446. The molecule has 0 aliphatic carbocycles. The molecule has 5 heteroatoms. The highest BCUT2D eigenvalue weighted by Gasteiger charge is 2.17. The van der Waals surface area contributed by atoms with Crippen molar-refractivity contribution < 1.29 is 4.42 Å². The van der Waals surface area contributed by atoms with Gasteiger partial charge in [-0.1, -0.05) is 6.07 Å². The van der Waals surface area contributed by atoms with Gasteiger partial charge in [-0.05, 0) is 31.4 Å². The molecule has 1 aliphatic heterocycles. The summed E-state index contributed by atoms with van der Waals surface area (Å²) in [4.78, 5) is 8.20. The first-order valence-electron chi connectivity index (χ1n) is 5.79. The Morgan fingerprint density at radius 2 is 2.00 bits per heavy atom. The predicted molar refractivity (Wildman–Crippen MR) is 71.1 cm³/mol. The molecule has 1 aromatic carbocycles. The van der Waals surface area contributed by atoms with Crippen molar-refractivity contribution in [1.29, 1.82) is 0 Å². The third-order valence-corrected chi connectivity index (χ3v) is 3.46. The summed E-state index contributed by atoms with van der Waals surface area (Å²) in [6, 6.07) is 6.13. The third-order valence-electron chi connectivity index (χ3n) is 3.27. The molecular weight excluding hydrogens is 234 g/mol. The molecule has 1 N–H and O–H groups in total. The molecular formula is C12H15N3OS. The molecule has 1 fully saturated rings. The maximum atomic E-state index is 5.58. The second kappa shape index (κ2) is 4.16. The Kier molecular flexibility index (Phi) is 2.64. The van der Waals surface area contributed by atoms with Crippen molar-refractivity contribution in [2.24, 2.45) is 0 Å². The molecule has 17 heavy (non-hydrogen) atoms. The normalized spacial score (nSPS) is 17.8. The van der Waals surface area contributed by atoms with Gasteiger partial charge in [0.25, 0.3) is 4.84 Å². The average molecular weight is 249 g/mol. The predicted octanol–water partition coefficient (Wildman–Crippen LogP) is 2.24. The first-order valence-corrected chi connectivity index (χ1v) is 6.20. The number of oxazole rings is 1. The molecule has 1 aliphatic rings. The Morgan fingerprint density at radius 1 is 1.24 bits per heavy atom. The van der Waals surface area contributed by atoms with Gasteiger partial charge in [-0.2, -0.15) is 0 Å². The number of likely N-dealkylation sites (N-methyl/N-ethyl adjacent to an activating group) is 1. The fraction of sp³-hybridized carbons (Fsp3) is 0.417. The van der Waals surface area contributed by atoms with Crippen LogP contribution in [0.1, 0.15) is 0 Å². The molecule has 90 valence electrons. The van der Waals surface area contributed by atoms with E-state index in [1.807, 2.05) is 12.1 Å². The highest BCUT2D eigenvalue weighted by atomic mass is 32.1. The van der Waals surface area contributed by atoms with Crippen LogP contribution in [0.5, 0.6) is 0 Å². The number of nitrogens with zero attached hydrogens (tertiary/aromatic N) is 2. The van der Waals surface area contributed by atoms with E-state index in [0.29, 0.717) is 4.84 Å². The van der Waals surface area contributed by atoms with Gasteiger partial charge in [0, 0.05) is 26.2 Å². The van der Waals surface area contributed by atoms with E-state index >= 15 is 0 Å². The minimum Gasteiger partial charge on any atom is -0.427 e. The Morgan fingerprint density at radius 3 is 2.76 bits per heavy atom. The van der Waals surface area contributed by atoms with E-state index in [4.69, 9.17) is 16.6 Å². The molecule has 0 bridgehead atoms. The van der Waals surface area contributed by atoms with Gasteiger partial charge in [-0.15, -0.1) is 0 Å². The number of aromatic nitrogens is 1. The van der Waals surface area contributed by atoms with Crippen molar-refractivity contribution in [3.05, 3.63) is 23.0 Å². The van der Waals surface area contributed by atoms with Gasteiger partial charge < -0.3 is 19.2 Å². The minimum atomic E-state index is 0.446. The molecule has 2 heterocycles. The van der Waals surface area contributed by atoms with Gasteiger partial charge >= 0.3 is 0 Å². The number of anilines is 1. The number of hydrogen-bond acceptors (Lipinski definition) is 4. The molecule has 0 saturated carbocycles. The second-order valence-electron chi connectivity index (χ2n) is 4.46. The van der Waals surface area contributed by atoms with Gasteiger partial charge in [0.2, 0.25) is 0 Å². The second-order valence-corrected chi connectivity index (χ2v) is 4.83. The van der Waals surface area contributed by atoms with Crippen LogP contribution in [0.4, 0.5) is 5.69 Å². The monoisotopic (exact) mass is 249 g/mol. The van der Waals surface area contributed by atoms with Crippen LogP contribution in [0.25, 0.3) is 11.1 Å². The van der Waals surface area contributed by atoms with E-state index in [9.17, 15) is 0 Å². The number of rotatable bonds is 1. The fourth-order valence-corrected chi connectivity index (χ4v) is 2.45. The molecule has 4 nitrogen and oxygen atoms in total. The first-order chi connectivity index (χ1) is 8.24. The quantitative estimate of drug-likeness (QED) is 0.786. The van der Waals surface area contributed by atoms with Crippen molar-refractivity contribution in [2.45, 2.75) is 0 Å². The zero-order chi connectivity index (χ0) is 11.8. The summed E-state index contributed by atoms with van der Waals surface area (Å²) >= 11 is 5.04. The van der Waals surface area contributed by atoms with Crippen LogP contribution in [0.3, 0.4) is 0 Å². The van der Waals surface area contributed by atoms with Crippen molar-refractivity contribution >= 4 is 29.0 Å². The largest absolute Gasteiger partial charge is 0.427 e. The summed E-state index contributed by atoms with van der Waals surface area (Å²) < 4.78 is 5.58. The first kappa shape index (κ1) is 10.8. The van der Waals surface area contributed by atoms with E-state index in [2.05, 4.69) is 27.9 Å². The van der Waals surface area contributed by atoms with Crippen LogP contribution >= 0.6 is 12.2 Å². The van der Waals surface area contributed by atoms with Crippen LogP contribution in [-0.4, -0.2) is 43.1 Å². The van der Waals surface area contributed by atoms with Crippen LogP contribution in [-0.2, 0) is 0 Å². The lowest BCUT2D eigenvalue weighted by Gasteiger charge is -2.33. The lowest BCUT2D eigenvalue weighted by atomic mass is 10.2. The summed E-state index contributed by atoms with van der Waals surface area (Å²) in [6.45, 7) is 4.23. The van der Waals surface area contributed by atoms with Crippen LogP contribution < -0.4 is 4.90 Å². The van der Waals surface area contributed by atoms with Crippen molar-refractivity contribution in [3.8, 4) is 0 Å². The number of piperazine rings is 1. The summed E-state index contributed by atoms with van der Waals surface area (Å²) in [6.07, 6.45) is 0. The van der Waals surface area contributed by atoms with Gasteiger partial charge in [0.15, 0.2) is 5.58 Å². The molecule has 0 radical (unpaired) electrons. The van der Waals surface area contributed by atoms with Gasteiger partial charge in [-0.3, -0.25) is 0 Å². The fourth-order valence-electron chi connectivity index (χ4n) is 2.26. The summed E-state index contributed by atoms with van der Waals surface area (Å²) in [7, 11) is 2.15.